The lowest BCUT2D eigenvalue weighted by Gasteiger charge is -2.16. The van der Waals surface area contributed by atoms with E-state index >= 15 is 0 Å². The number of hydrogen-bond donors (Lipinski definition) is 2. The second-order valence-electron chi connectivity index (χ2n) is 7.24. The van der Waals surface area contributed by atoms with E-state index in [0.717, 1.165) is 40.8 Å². The number of H-pyrrole nitrogens is 1. The maximum atomic E-state index is 13.1. The van der Waals surface area contributed by atoms with Crippen LogP contribution in [0.25, 0.3) is 10.2 Å². The van der Waals surface area contributed by atoms with Crippen LogP contribution in [0.3, 0.4) is 0 Å². The van der Waals surface area contributed by atoms with Crippen LogP contribution in [0, 0.1) is 4.77 Å². The van der Waals surface area contributed by atoms with Gasteiger partial charge in [0.2, 0.25) is 11.6 Å². The molecule has 2 aromatic heterocycles. The molecule has 30 heavy (non-hydrogen) atoms. The van der Waals surface area contributed by atoms with Gasteiger partial charge in [-0.1, -0.05) is 0 Å². The molecule has 0 radical (unpaired) electrons. The summed E-state index contributed by atoms with van der Waals surface area (Å²) < 4.78 is 17.5. The Hall–Kier alpha value is -2.85. The summed E-state index contributed by atoms with van der Waals surface area (Å²) in [5.41, 5.74) is 3.36. The molecule has 2 N–H and O–H groups in total. The fourth-order valence-corrected chi connectivity index (χ4v) is 5.32. The molecule has 1 amide bonds. The fraction of sp³-hybridized carbons (Fsp3) is 0.350. The number of nitrogens with zero attached hydrogens (tertiary/aromatic N) is 1. The van der Waals surface area contributed by atoms with Crippen molar-refractivity contribution in [2.75, 3.05) is 12.2 Å². The van der Waals surface area contributed by atoms with Crippen LogP contribution in [-0.2, 0) is 17.6 Å². The number of fused-ring (bicyclic) bond motifs is 4. The predicted octanol–water partition coefficient (Wildman–Crippen LogP) is 3.27. The number of thiophene rings is 1. The molecule has 1 aliphatic heterocycles. The minimum atomic E-state index is -0.862. The monoisotopic (exact) mass is 445 g/mol. The van der Waals surface area contributed by atoms with E-state index in [-0.39, 0.29) is 17.1 Å². The van der Waals surface area contributed by atoms with E-state index in [9.17, 15) is 9.59 Å². The van der Waals surface area contributed by atoms with E-state index in [1.165, 1.54) is 4.88 Å². The zero-order valence-electron chi connectivity index (χ0n) is 16.1. The number of benzene rings is 1. The highest BCUT2D eigenvalue weighted by Gasteiger charge is 2.23. The average molecular weight is 446 g/mol. The molecule has 2 aliphatic rings. The van der Waals surface area contributed by atoms with Crippen molar-refractivity contribution in [1.82, 2.24) is 9.66 Å². The van der Waals surface area contributed by atoms with Crippen LogP contribution in [-0.4, -0.2) is 28.5 Å². The molecule has 0 saturated heterocycles. The molecule has 156 valence electrons. The van der Waals surface area contributed by atoms with Crippen molar-refractivity contribution in [3.63, 3.8) is 0 Å². The Labute approximate surface area is 180 Å². The third kappa shape index (κ3) is 3.25. The molecule has 0 spiro atoms. The lowest BCUT2D eigenvalue weighted by Crippen LogP contribution is -2.40. The van der Waals surface area contributed by atoms with Crippen molar-refractivity contribution < 1.29 is 19.0 Å². The molecule has 3 aromatic rings. The molecule has 3 heterocycles. The predicted molar refractivity (Wildman–Crippen MR) is 115 cm³/mol. The second-order valence-corrected chi connectivity index (χ2v) is 8.73. The molecule has 8 nitrogen and oxygen atoms in total. The van der Waals surface area contributed by atoms with Crippen molar-refractivity contribution in [3.8, 4) is 17.2 Å². The largest absolute Gasteiger partial charge is 0.481 e. The standard InChI is InChI=1S/C20H19N3O5S2/c1-10(28-11-6-7-13-14(8-11)27-9-26-13)17(24)22-23-19(25)16-12-4-2-3-5-15(12)30-18(16)21-20(23)29/h6-8,10H,2-5,9H2,1H3,(H,21,29)(H,22,24)/t10-/m1/s1. The number of ether oxygens (including phenoxy) is 3. The number of carbonyl (C=O) groups excluding carboxylic acids is 1. The summed E-state index contributed by atoms with van der Waals surface area (Å²) in [6.07, 6.45) is 3.16. The van der Waals surface area contributed by atoms with E-state index in [2.05, 4.69) is 10.4 Å². The van der Waals surface area contributed by atoms with Gasteiger partial charge in [0.15, 0.2) is 17.6 Å². The molecule has 1 atom stereocenters. The number of aromatic nitrogens is 2. The Morgan fingerprint density at radius 3 is 2.97 bits per heavy atom. The van der Waals surface area contributed by atoms with E-state index in [1.54, 1.807) is 36.5 Å². The second kappa shape index (κ2) is 7.44. The molecule has 10 heteroatoms. The number of aryl methyl sites for hydroxylation is 2. The number of nitrogens with one attached hydrogen (secondary N) is 2. The molecule has 1 aliphatic carbocycles. The van der Waals surface area contributed by atoms with E-state index < -0.39 is 12.0 Å². The van der Waals surface area contributed by atoms with Gasteiger partial charge in [-0.15, -0.1) is 11.3 Å². The molecule has 0 fully saturated rings. The molecular weight excluding hydrogens is 426 g/mol. The number of amides is 1. The normalized spacial score (nSPS) is 15.6. The Morgan fingerprint density at radius 1 is 1.30 bits per heavy atom. The molecule has 0 saturated carbocycles. The quantitative estimate of drug-likeness (QED) is 0.599. The third-order valence-corrected chi connectivity index (χ3v) is 6.75. The van der Waals surface area contributed by atoms with Gasteiger partial charge < -0.3 is 19.2 Å². The van der Waals surface area contributed by atoms with Crippen molar-refractivity contribution in [3.05, 3.63) is 43.8 Å². The minimum absolute atomic E-state index is 0.148. The maximum absolute atomic E-state index is 13.1. The topological polar surface area (TPSA) is 94.6 Å². The summed E-state index contributed by atoms with van der Waals surface area (Å²) in [4.78, 5) is 30.9. The first kappa shape index (κ1) is 19.1. The smallest absolute Gasteiger partial charge is 0.282 e. The molecule has 1 aromatic carbocycles. The summed E-state index contributed by atoms with van der Waals surface area (Å²) in [6, 6.07) is 5.07. The van der Waals surface area contributed by atoms with Crippen LogP contribution >= 0.6 is 23.6 Å². The van der Waals surface area contributed by atoms with Crippen LogP contribution in [0.15, 0.2) is 23.0 Å². The van der Waals surface area contributed by atoms with Gasteiger partial charge in [-0.05, 0) is 62.5 Å². The van der Waals surface area contributed by atoms with Gasteiger partial charge in [-0.25, -0.2) is 0 Å². The van der Waals surface area contributed by atoms with Gasteiger partial charge in [0.05, 0.1) is 5.39 Å². The zero-order chi connectivity index (χ0) is 20.8. The first-order chi connectivity index (χ1) is 14.5. The van der Waals surface area contributed by atoms with Crippen LogP contribution < -0.4 is 25.2 Å². The van der Waals surface area contributed by atoms with Gasteiger partial charge >= 0.3 is 0 Å². The zero-order valence-corrected chi connectivity index (χ0v) is 17.8. The molecule has 0 unspecified atom stereocenters. The SMILES string of the molecule is C[C@@H](Oc1ccc2c(c1)OCO2)C(=O)Nn1c(=S)[nH]c2sc3c(c2c1=O)CCCC3. The number of aromatic amines is 1. The van der Waals surface area contributed by atoms with Crippen LogP contribution in [0.2, 0.25) is 0 Å². The highest BCUT2D eigenvalue weighted by molar-refractivity contribution is 7.71. The lowest BCUT2D eigenvalue weighted by molar-refractivity contribution is -0.123. The van der Waals surface area contributed by atoms with Crippen molar-refractivity contribution in [1.29, 1.82) is 0 Å². The fourth-order valence-electron chi connectivity index (χ4n) is 3.75. The third-order valence-electron chi connectivity index (χ3n) is 5.26. The van der Waals surface area contributed by atoms with Crippen molar-refractivity contribution in [2.45, 2.75) is 38.7 Å². The van der Waals surface area contributed by atoms with Gasteiger partial charge in [-0.2, -0.15) is 4.68 Å². The molecule has 0 bridgehead atoms. The number of hydrogen-bond acceptors (Lipinski definition) is 7. The minimum Gasteiger partial charge on any atom is -0.481 e. The Kier molecular flexibility index (Phi) is 4.75. The summed E-state index contributed by atoms with van der Waals surface area (Å²) in [5.74, 6) is 1.16. The number of carbonyl (C=O) groups is 1. The van der Waals surface area contributed by atoms with Crippen LogP contribution in [0.1, 0.15) is 30.2 Å². The molecular formula is C20H19N3O5S2. The highest BCUT2D eigenvalue weighted by Crippen LogP contribution is 2.35. The van der Waals surface area contributed by atoms with Gasteiger partial charge in [0.25, 0.3) is 11.5 Å². The van der Waals surface area contributed by atoms with Gasteiger partial charge in [0.1, 0.15) is 10.6 Å². The van der Waals surface area contributed by atoms with E-state index in [4.69, 9.17) is 26.4 Å². The average Bonchev–Trinajstić information content (AvgIpc) is 3.34. The number of rotatable bonds is 4. The van der Waals surface area contributed by atoms with E-state index in [1.807, 2.05) is 0 Å². The Morgan fingerprint density at radius 2 is 2.10 bits per heavy atom. The van der Waals surface area contributed by atoms with Crippen LogP contribution in [0.4, 0.5) is 0 Å². The summed E-state index contributed by atoms with van der Waals surface area (Å²) >= 11 is 6.90. The molecule has 5 rings (SSSR count). The first-order valence-corrected chi connectivity index (χ1v) is 10.9. The van der Waals surface area contributed by atoms with Crippen molar-refractivity contribution in [2.24, 2.45) is 0 Å². The Bertz CT molecular complexity index is 1280. The maximum Gasteiger partial charge on any atom is 0.282 e. The van der Waals surface area contributed by atoms with Crippen LogP contribution in [0.5, 0.6) is 17.2 Å². The highest BCUT2D eigenvalue weighted by atomic mass is 32.1. The summed E-state index contributed by atoms with van der Waals surface area (Å²) in [5, 5.41) is 0.618. The van der Waals surface area contributed by atoms with Gasteiger partial charge in [-0.3, -0.25) is 15.0 Å². The summed E-state index contributed by atoms with van der Waals surface area (Å²) in [6.45, 7) is 1.76. The first-order valence-electron chi connectivity index (χ1n) is 9.68. The van der Waals surface area contributed by atoms with Crippen molar-refractivity contribution >= 4 is 39.7 Å². The van der Waals surface area contributed by atoms with E-state index in [0.29, 0.717) is 22.6 Å². The van der Waals surface area contributed by atoms with Gasteiger partial charge in [0, 0.05) is 10.9 Å². The lowest BCUT2D eigenvalue weighted by atomic mass is 9.97. The Balaban J connectivity index is 1.40. The summed E-state index contributed by atoms with van der Waals surface area (Å²) in [7, 11) is 0.